The maximum absolute atomic E-state index is 13.5. The molecule has 0 saturated carbocycles. The number of hydrogen-bond donors (Lipinski definition) is 1. The molecule has 0 amide bonds. The summed E-state index contributed by atoms with van der Waals surface area (Å²) in [5.41, 5.74) is 2.48. The van der Waals surface area contributed by atoms with Gasteiger partial charge in [0.2, 0.25) is 0 Å². The van der Waals surface area contributed by atoms with Crippen LogP contribution in [-0.4, -0.2) is 7.05 Å². The predicted octanol–water partition coefficient (Wildman–Crippen LogP) is 5.08. The second-order valence-corrected chi connectivity index (χ2v) is 5.21. The molecule has 0 fully saturated rings. The lowest BCUT2D eigenvalue weighted by atomic mass is 9.95. The summed E-state index contributed by atoms with van der Waals surface area (Å²) in [5.74, 6) is -0.293. The minimum atomic E-state index is -0.293. The van der Waals surface area contributed by atoms with E-state index >= 15 is 0 Å². The van der Waals surface area contributed by atoms with Crippen LogP contribution in [0.4, 0.5) is 4.39 Å². The van der Waals surface area contributed by atoms with Crippen molar-refractivity contribution in [3.63, 3.8) is 0 Å². The van der Waals surface area contributed by atoms with E-state index in [-0.39, 0.29) is 11.9 Å². The van der Waals surface area contributed by atoms with Gasteiger partial charge in [-0.25, -0.2) is 4.39 Å². The molecule has 2 rings (SSSR count). The van der Waals surface area contributed by atoms with E-state index in [0.717, 1.165) is 16.7 Å². The third kappa shape index (κ3) is 3.08. The van der Waals surface area contributed by atoms with Gasteiger partial charge >= 0.3 is 0 Å². The van der Waals surface area contributed by atoms with Crippen molar-refractivity contribution in [2.75, 3.05) is 7.05 Å². The number of hydrogen-bond acceptors (Lipinski definition) is 1. The monoisotopic (exact) mass is 297 g/mol. The Labute approximate surface area is 122 Å². The Bertz CT molecular complexity index is 599. The Balaban J connectivity index is 2.66. The second-order valence-electron chi connectivity index (χ2n) is 4.37. The van der Waals surface area contributed by atoms with Crippen LogP contribution in [0.2, 0.25) is 10.0 Å². The summed E-state index contributed by atoms with van der Waals surface area (Å²) in [4.78, 5) is 0. The van der Waals surface area contributed by atoms with Gasteiger partial charge in [0.25, 0.3) is 0 Å². The molecule has 0 heterocycles. The first-order valence-corrected chi connectivity index (χ1v) is 6.70. The van der Waals surface area contributed by atoms with Gasteiger partial charge in [0.1, 0.15) is 5.82 Å². The molecule has 1 N–H and O–H groups in total. The van der Waals surface area contributed by atoms with Crippen LogP contribution in [0.15, 0.2) is 36.4 Å². The largest absolute Gasteiger partial charge is 0.313 e. The second kappa shape index (κ2) is 5.91. The van der Waals surface area contributed by atoms with Crippen LogP contribution in [0.25, 0.3) is 11.1 Å². The quantitative estimate of drug-likeness (QED) is 0.833. The van der Waals surface area contributed by atoms with E-state index in [9.17, 15) is 4.39 Å². The smallest absolute Gasteiger partial charge is 0.123 e. The van der Waals surface area contributed by atoms with Gasteiger partial charge < -0.3 is 5.32 Å². The highest BCUT2D eigenvalue weighted by atomic mass is 35.5. The van der Waals surface area contributed by atoms with Crippen molar-refractivity contribution in [1.82, 2.24) is 5.32 Å². The van der Waals surface area contributed by atoms with Crippen LogP contribution in [-0.2, 0) is 0 Å². The van der Waals surface area contributed by atoms with Crippen LogP contribution < -0.4 is 5.32 Å². The highest BCUT2D eigenvalue weighted by Gasteiger charge is 2.14. The Morgan fingerprint density at radius 1 is 1.05 bits per heavy atom. The lowest BCUT2D eigenvalue weighted by molar-refractivity contribution is 0.620. The summed E-state index contributed by atoms with van der Waals surface area (Å²) in [6.45, 7) is 2.01. The first-order valence-electron chi connectivity index (χ1n) is 5.95. The van der Waals surface area contributed by atoms with Gasteiger partial charge in [-0.15, -0.1) is 0 Å². The zero-order valence-electron chi connectivity index (χ0n) is 10.7. The highest BCUT2D eigenvalue weighted by Crippen LogP contribution is 2.35. The van der Waals surface area contributed by atoms with Crippen LogP contribution >= 0.6 is 23.2 Å². The minimum Gasteiger partial charge on any atom is -0.313 e. The Hall–Kier alpha value is -1.09. The van der Waals surface area contributed by atoms with Gasteiger partial charge in [0, 0.05) is 21.7 Å². The fraction of sp³-hybridized carbons (Fsp3) is 0.200. The van der Waals surface area contributed by atoms with Gasteiger partial charge in [-0.2, -0.15) is 0 Å². The first-order chi connectivity index (χ1) is 9.02. The van der Waals surface area contributed by atoms with Gasteiger partial charge in [0.05, 0.1) is 0 Å². The fourth-order valence-electron chi connectivity index (χ4n) is 2.00. The fourth-order valence-corrected chi connectivity index (χ4v) is 2.39. The average Bonchev–Trinajstić information content (AvgIpc) is 2.40. The van der Waals surface area contributed by atoms with Crippen LogP contribution in [0.1, 0.15) is 18.5 Å². The summed E-state index contributed by atoms with van der Waals surface area (Å²) in [6.07, 6.45) is 0. The Morgan fingerprint density at radius 3 is 2.47 bits per heavy atom. The molecule has 1 atom stereocenters. The maximum Gasteiger partial charge on any atom is 0.123 e. The average molecular weight is 298 g/mol. The maximum atomic E-state index is 13.5. The predicted molar refractivity (Wildman–Crippen MR) is 79.3 cm³/mol. The standard InChI is InChI=1S/C15H14Cl2FN/c1-9(19-2)12-5-4-11(18)8-13(12)14-7-10(16)3-6-15(14)17/h3-9,19H,1-2H3. The summed E-state index contributed by atoms with van der Waals surface area (Å²) >= 11 is 12.2. The molecule has 0 aliphatic rings. The first kappa shape index (κ1) is 14.3. The number of halogens is 3. The van der Waals surface area contributed by atoms with Crippen molar-refractivity contribution in [3.05, 3.63) is 57.8 Å². The zero-order chi connectivity index (χ0) is 14.0. The van der Waals surface area contributed by atoms with Crippen molar-refractivity contribution in [1.29, 1.82) is 0 Å². The van der Waals surface area contributed by atoms with Gasteiger partial charge in [-0.3, -0.25) is 0 Å². The van der Waals surface area contributed by atoms with Crippen molar-refractivity contribution in [3.8, 4) is 11.1 Å². The SMILES string of the molecule is CNC(C)c1ccc(F)cc1-c1cc(Cl)ccc1Cl. The Kier molecular flexibility index (Phi) is 4.46. The van der Waals surface area contributed by atoms with Gasteiger partial charge in [-0.1, -0.05) is 29.3 Å². The summed E-state index contributed by atoms with van der Waals surface area (Å²) in [6, 6.07) is 9.98. The molecule has 0 spiro atoms. The van der Waals surface area contributed by atoms with E-state index in [1.165, 1.54) is 12.1 Å². The number of benzene rings is 2. The molecule has 4 heteroatoms. The molecule has 2 aromatic rings. The molecule has 1 unspecified atom stereocenters. The molecule has 100 valence electrons. The van der Waals surface area contributed by atoms with Gasteiger partial charge in [-0.05, 0) is 55.4 Å². The molecular formula is C15H14Cl2FN. The summed E-state index contributed by atoms with van der Waals surface area (Å²) in [7, 11) is 1.86. The highest BCUT2D eigenvalue weighted by molar-refractivity contribution is 6.35. The van der Waals surface area contributed by atoms with Crippen LogP contribution in [0.3, 0.4) is 0 Å². The van der Waals surface area contributed by atoms with Gasteiger partial charge in [0.15, 0.2) is 0 Å². The molecule has 1 nitrogen and oxygen atoms in total. The van der Waals surface area contributed by atoms with E-state index in [0.29, 0.717) is 10.0 Å². The van der Waals surface area contributed by atoms with E-state index in [2.05, 4.69) is 5.32 Å². The zero-order valence-corrected chi connectivity index (χ0v) is 12.2. The molecule has 0 aliphatic heterocycles. The lowest BCUT2D eigenvalue weighted by Gasteiger charge is -2.17. The van der Waals surface area contributed by atoms with Crippen LogP contribution in [0, 0.1) is 5.82 Å². The van der Waals surface area contributed by atoms with Crippen molar-refractivity contribution >= 4 is 23.2 Å². The van der Waals surface area contributed by atoms with E-state index < -0.39 is 0 Å². The topological polar surface area (TPSA) is 12.0 Å². The third-order valence-electron chi connectivity index (χ3n) is 3.13. The molecule has 19 heavy (non-hydrogen) atoms. The van der Waals surface area contributed by atoms with Crippen LogP contribution in [0.5, 0.6) is 0 Å². The molecular weight excluding hydrogens is 284 g/mol. The van der Waals surface area contributed by atoms with Crippen molar-refractivity contribution < 1.29 is 4.39 Å². The summed E-state index contributed by atoms with van der Waals surface area (Å²) < 4.78 is 13.5. The van der Waals surface area contributed by atoms with Crippen molar-refractivity contribution in [2.45, 2.75) is 13.0 Å². The molecule has 0 bridgehead atoms. The number of nitrogens with one attached hydrogen (secondary N) is 1. The van der Waals surface area contributed by atoms with E-state index in [4.69, 9.17) is 23.2 Å². The molecule has 0 aromatic heterocycles. The third-order valence-corrected chi connectivity index (χ3v) is 3.70. The Morgan fingerprint density at radius 2 is 1.79 bits per heavy atom. The molecule has 0 radical (unpaired) electrons. The molecule has 0 saturated heterocycles. The van der Waals surface area contributed by atoms with E-state index in [1.54, 1.807) is 24.3 Å². The summed E-state index contributed by atoms with van der Waals surface area (Å²) in [5, 5.41) is 4.28. The molecule has 2 aromatic carbocycles. The van der Waals surface area contributed by atoms with Crippen molar-refractivity contribution in [2.24, 2.45) is 0 Å². The van der Waals surface area contributed by atoms with E-state index in [1.807, 2.05) is 14.0 Å². The normalized spacial score (nSPS) is 12.5. The number of rotatable bonds is 3. The minimum absolute atomic E-state index is 0.0886. The lowest BCUT2D eigenvalue weighted by Crippen LogP contribution is -2.13. The molecule has 0 aliphatic carbocycles.